The van der Waals surface area contributed by atoms with Gasteiger partial charge in [-0.3, -0.25) is 9.59 Å². The van der Waals surface area contributed by atoms with Gasteiger partial charge >= 0.3 is 5.97 Å². The molecule has 3 aromatic rings. The summed E-state index contributed by atoms with van der Waals surface area (Å²) < 4.78 is 7.56. The number of ketones is 1. The molecule has 10 heteroatoms. The Kier molecular flexibility index (Phi) is 6.93. The van der Waals surface area contributed by atoms with Gasteiger partial charge in [0.05, 0.1) is 25.1 Å². The number of aromatic amines is 1. The van der Waals surface area contributed by atoms with Gasteiger partial charge in [0.2, 0.25) is 0 Å². The Bertz CT molecular complexity index is 1310. The van der Waals surface area contributed by atoms with Gasteiger partial charge in [0, 0.05) is 41.2 Å². The number of ether oxygens (including phenoxy) is 1. The van der Waals surface area contributed by atoms with Crippen LogP contribution in [0.15, 0.2) is 53.0 Å². The molecule has 0 unspecified atom stereocenters. The number of benzene rings is 1. The molecule has 9 nitrogen and oxygen atoms in total. The summed E-state index contributed by atoms with van der Waals surface area (Å²) in [5, 5.41) is 11.4. The molecule has 2 aromatic heterocycles. The Morgan fingerprint density at radius 2 is 1.91 bits per heavy atom. The molecule has 2 N–H and O–H groups in total. The topological polar surface area (TPSA) is 118 Å². The zero-order valence-electron chi connectivity index (χ0n) is 19.5. The molecule has 1 amide bonds. The number of carbonyl (C=O) groups is 3. The summed E-state index contributed by atoms with van der Waals surface area (Å²) in [5.74, 6) is -2.36. The summed E-state index contributed by atoms with van der Waals surface area (Å²) in [5.41, 5.74) is 2.09. The number of aliphatic hydroxyl groups is 1. The number of aryl methyl sites for hydroxylation is 2. The average Bonchev–Trinajstić information content (AvgIpc) is 3.52. The highest BCUT2D eigenvalue weighted by atomic mass is 79.9. The van der Waals surface area contributed by atoms with Crippen LogP contribution in [0.3, 0.4) is 0 Å². The first-order chi connectivity index (χ1) is 16.7. The molecule has 1 aliphatic heterocycles. The van der Waals surface area contributed by atoms with Gasteiger partial charge in [-0.05, 0) is 43.5 Å². The van der Waals surface area contributed by atoms with E-state index in [0.717, 1.165) is 4.47 Å². The molecule has 182 valence electrons. The van der Waals surface area contributed by atoms with Crippen molar-refractivity contribution in [3.05, 3.63) is 81.1 Å². The second kappa shape index (κ2) is 9.91. The van der Waals surface area contributed by atoms with E-state index in [1.54, 1.807) is 26.4 Å². The molecular formula is C25H25BrN4O5. The number of hydrogen-bond acceptors (Lipinski definition) is 6. The molecule has 0 saturated carbocycles. The van der Waals surface area contributed by atoms with Crippen LogP contribution in [0.4, 0.5) is 0 Å². The highest BCUT2D eigenvalue weighted by molar-refractivity contribution is 9.10. The van der Waals surface area contributed by atoms with E-state index in [1.165, 1.54) is 12.0 Å². The number of Topliss-reactive ketones (excluding diaryl/α,β-unsaturated/α-hetero) is 1. The lowest BCUT2D eigenvalue weighted by atomic mass is 9.94. The zero-order chi connectivity index (χ0) is 25.3. The van der Waals surface area contributed by atoms with Gasteiger partial charge < -0.3 is 24.3 Å². The largest absolute Gasteiger partial charge is 0.507 e. The first-order valence-corrected chi connectivity index (χ1v) is 11.8. The monoisotopic (exact) mass is 540 g/mol. The summed E-state index contributed by atoms with van der Waals surface area (Å²) in [6.45, 7) is 4.26. The Hall–Kier alpha value is -3.66. The van der Waals surface area contributed by atoms with E-state index in [2.05, 4.69) is 25.9 Å². The van der Waals surface area contributed by atoms with Crippen molar-refractivity contribution < 1.29 is 24.2 Å². The van der Waals surface area contributed by atoms with Crippen LogP contribution in [0, 0.1) is 13.8 Å². The number of imidazole rings is 1. The molecular weight excluding hydrogens is 516 g/mol. The second-order valence-electron chi connectivity index (χ2n) is 8.31. The van der Waals surface area contributed by atoms with Gasteiger partial charge in [-0.15, -0.1) is 0 Å². The van der Waals surface area contributed by atoms with Crippen LogP contribution in [0.2, 0.25) is 0 Å². The molecule has 0 spiro atoms. The van der Waals surface area contributed by atoms with Crippen molar-refractivity contribution in [3.8, 4) is 0 Å². The summed E-state index contributed by atoms with van der Waals surface area (Å²) in [6, 6.07) is 6.49. The molecule has 1 aromatic carbocycles. The fourth-order valence-corrected chi connectivity index (χ4v) is 4.76. The van der Waals surface area contributed by atoms with Crippen molar-refractivity contribution in [2.45, 2.75) is 32.9 Å². The molecule has 4 rings (SSSR count). The Morgan fingerprint density at radius 1 is 1.20 bits per heavy atom. The molecule has 1 saturated heterocycles. The van der Waals surface area contributed by atoms with Gasteiger partial charge in [-0.25, -0.2) is 9.78 Å². The SMILES string of the molecule is COC(=O)c1[nH]c(C)c(/C(O)=C2\C(=O)C(=O)N(CCCn3ccnc3)[C@@H]2c2ccc(Br)cc2)c1C. The van der Waals surface area contributed by atoms with Gasteiger partial charge in [0.15, 0.2) is 0 Å². The fraction of sp³-hybridized carbons (Fsp3) is 0.280. The maximum atomic E-state index is 13.3. The third kappa shape index (κ3) is 4.53. The Balaban J connectivity index is 1.79. The number of H-pyrrole nitrogens is 1. The molecule has 0 aliphatic carbocycles. The molecule has 1 aliphatic rings. The number of aromatic nitrogens is 3. The lowest BCUT2D eigenvalue weighted by molar-refractivity contribution is -0.139. The molecule has 1 atom stereocenters. The minimum atomic E-state index is -0.777. The van der Waals surface area contributed by atoms with Crippen molar-refractivity contribution in [1.29, 1.82) is 0 Å². The lowest BCUT2D eigenvalue weighted by Gasteiger charge is -2.25. The number of nitrogens with zero attached hydrogens (tertiary/aromatic N) is 3. The van der Waals surface area contributed by atoms with Crippen molar-refractivity contribution >= 4 is 39.3 Å². The first-order valence-electron chi connectivity index (χ1n) is 11.0. The molecule has 35 heavy (non-hydrogen) atoms. The van der Waals surface area contributed by atoms with E-state index in [0.29, 0.717) is 41.9 Å². The molecule has 0 bridgehead atoms. The minimum Gasteiger partial charge on any atom is -0.507 e. The maximum absolute atomic E-state index is 13.3. The van der Waals surface area contributed by atoms with E-state index in [4.69, 9.17) is 4.74 Å². The van der Waals surface area contributed by atoms with Gasteiger partial charge in [-0.2, -0.15) is 0 Å². The number of aliphatic hydroxyl groups excluding tert-OH is 1. The van der Waals surface area contributed by atoms with Crippen LogP contribution < -0.4 is 0 Å². The third-order valence-corrected chi connectivity index (χ3v) is 6.69. The number of rotatable bonds is 7. The Labute approximate surface area is 210 Å². The van der Waals surface area contributed by atoms with Crippen molar-refractivity contribution in [3.63, 3.8) is 0 Å². The summed E-state index contributed by atoms with van der Waals surface area (Å²) >= 11 is 3.41. The third-order valence-electron chi connectivity index (χ3n) is 6.16. The zero-order valence-corrected chi connectivity index (χ0v) is 21.1. The smallest absolute Gasteiger partial charge is 0.354 e. The number of halogens is 1. The highest BCUT2D eigenvalue weighted by Crippen LogP contribution is 2.41. The van der Waals surface area contributed by atoms with Crippen LogP contribution in [-0.2, 0) is 20.9 Å². The van der Waals surface area contributed by atoms with Crippen LogP contribution in [0.5, 0.6) is 0 Å². The Morgan fingerprint density at radius 3 is 2.54 bits per heavy atom. The molecule has 1 fully saturated rings. The van der Waals surface area contributed by atoms with Crippen LogP contribution in [-0.4, -0.2) is 55.9 Å². The fourth-order valence-electron chi connectivity index (χ4n) is 4.49. The lowest BCUT2D eigenvalue weighted by Crippen LogP contribution is -2.31. The van der Waals surface area contributed by atoms with Crippen molar-refractivity contribution in [2.24, 2.45) is 0 Å². The molecule has 3 heterocycles. The quantitative estimate of drug-likeness (QED) is 0.203. The standard InChI is InChI=1S/C25H25BrN4O5/c1-14-18(15(2)28-20(14)25(34)35-3)22(31)19-21(16-5-7-17(26)8-6-16)30(24(33)23(19)32)11-4-10-29-12-9-27-13-29/h5-9,12-13,21,28,31H,4,10-11H2,1-3H3/b22-19+/t21-/m1/s1. The summed E-state index contributed by atoms with van der Waals surface area (Å²) in [7, 11) is 1.26. The van der Waals surface area contributed by atoms with E-state index in [-0.39, 0.29) is 17.0 Å². The summed E-state index contributed by atoms with van der Waals surface area (Å²) in [4.78, 5) is 47.0. The number of nitrogens with one attached hydrogen (secondary N) is 1. The number of hydrogen-bond donors (Lipinski definition) is 2. The van der Waals surface area contributed by atoms with Crippen molar-refractivity contribution in [2.75, 3.05) is 13.7 Å². The van der Waals surface area contributed by atoms with E-state index in [1.807, 2.05) is 35.0 Å². The normalized spacial score (nSPS) is 17.3. The van der Waals surface area contributed by atoms with E-state index < -0.39 is 23.7 Å². The maximum Gasteiger partial charge on any atom is 0.354 e. The number of esters is 1. The number of carbonyl (C=O) groups excluding carboxylic acids is 3. The number of likely N-dealkylation sites (tertiary alicyclic amines) is 1. The molecule has 0 radical (unpaired) electrons. The van der Waals surface area contributed by atoms with Gasteiger partial charge in [0.25, 0.3) is 11.7 Å². The predicted octanol–water partition coefficient (Wildman–Crippen LogP) is 3.89. The van der Waals surface area contributed by atoms with Crippen LogP contribution >= 0.6 is 15.9 Å². The number of methoxy groups -OCH3 is 1. The first kappa shape index (κ1) is 24.5. The predicted molar refractivity (Wildman–Crippen MR) is 132 cm³/mol. The van der Waals surface area contributed by atoms with Crippen LogP contribution in [0.25, 0.3) is 5.76 Å². The summed E-state index contributed by atoms with van der Waals surface area (Å²) in [6.07, 6.45) is 5.79. The van der Waals surface area contributed by atoms with Gasteiger partial charge in [-0.1, -0.05) is 28.1 Å². The average molecular weight is 541 g/mol. The number of amides is 1. The minimum absolute atomic E-state index is 0.0124. The van der Waals surface area contributed by atoms with Crippen LogP contribution in [0.1, 0.15) is 45.3 Å². The second-order valence-corrected chi connectivity index (χ2v) is 9.23. The van der Waals surface area contributed by atoms with Gasteiger partial charge in [0.1, 0.15) is 11.5 Å². The van der Waals surface area contributed by atoms with E-state index >= 15 is 0 Å². The highest BCUT2D eigenvalue weighted by Gasteiger charge is 2.46. The van der Waals surface area contributed by atoms with E-state index in [9.17, 15) is 19.5 Å². The van der Waals surface area contributed by atoms with Crippen molar-refractivity contribution in [1.82, 2.24) is 19.4 Å².